The highest BCUT2D eigenvalue weighted by Crippen LogP contribution is 2.13. The van der Waals surface area contributed by atoms with Gasteiger partial charge in [-0.3, -0.25) is 0 Å². The van der Waals surface area contributed by atoms with Crippen molar-refractivity contribution in [3.8, 4) is 0 Å². The lowest BCUT2D eigenvalue weighted by molar-refractivity contribution is -0.132. The van der Waals surface area contributed by atoms with Crippen molar-refractivity contribution < 1.29 is 9.90 Å². The summed E-state index contributed by atoms with van der Waals surface area (Å²) in [6.07, 6.45) is 3.52. The lowest BCUT2D eigenvalue weighted by Gasteiger charge is -1.91. The molecule has 3 heteroatoms. The van der Waals surface area contributed by atoms with E-state index in [0.29, 0.717) is 17.7 Å². The van der Waals surface area contributed by atoms with Crippen LogP contribution in [0.25, 0.3) is 0 Å². The topological polar surface area (TPSA) is 63.3 Å². The summed E-state index contributed by atoms with van der Waals surface area (Å²) < 4.78 is 0. The zero-order valence-electron chi connectivity index (χ0n) is 4.79. The van der Waals surface area contributed by atoms with Crippen LogP contribution in [0.5, 0.6) is 0 Å². The zero-order valence-corrected chi connectivity index (χ0v) is 4.79. The van der Waals surface area contributed by atoms with Crippen LogP contribution in [0.3, 0.4) is 0 Å². The molecule has 1 rings (SSSR count). The predicted molar refractivity (Wildman–Crippen MR) is 32.6 cm³/mol. The van der Waals surface area contributed by atoms with E-state index in [0.717, 1.165) is 0 Å². The Morgan fingerprint density at radius 2 is 2.33 bits per heavy atom. The van der Waals surface area contributed by atoms with Crippen LogP contribution in [0.2, 0.25) is 0 Å². The van der Waals surface area contributed by atoms with Gasteiger partial charge in [0.1, 0.15) is 0 Å². The second-order valence-corrected chi connectivity index (χ2v) is 1.92. The van der Waals surface area contributed by atoms with E-state index in [1.807, 2.05) is 0 Å². The second kappa shape index (κ2) is 1.93. The maximum absolute atomic E-state index is 10.2. The monoisotopic (exact) mass is 125 g/mol. The van der Waals surface area contributed by atoms with Gasteiger partial charge in [-0.2, -0.15) is 0 Å². The third-order valence-corrected chi connectivity index (χ3v) is 1.17. The normalized spacial score (nSPS) is 16.9. The predicted octanol–water partition coefficient (Wildman–Crippen LogP) is 0.244. The first kappa shape index (κ1) is 5.88. The molecule has 9 heavy (non-hydrogen) atoms. The Kier molecular flexibility index (Phi) is 1.26. The van der Waals surface area contributed by atoms with E-state index in [1.165, 1.54) is 6.08 Å². The van der Waals surface area contributed by atoms with Crippen LogP contribution in [0, 0.1) is 0 Å². The highest BCUT2D eigenvalue weighted by Gasteiger charge is 2.10. The van der Waals surface area contributed by atoms with Crippen molar-refractivity contribution in [1.82, 2.24) is 0 Å². The van der Waals surface area contributed by atoms with E-state index in [2.05, 4.69) is 0 Å². The molecule has 0 saturated carbocycles. The van der Waals surface area contributed by atoms with E-state index in [-0.39, 0.29) is 0 Å². The Morgan fingerprint density at radius 3 is 2.56 bits per heavy atom. The van der Waals surface area contributed by atoms with Gasteiger partial charge in [0.05, 0.1) is 0 Å². The maximum atomic E-state index is 10.2. The zero-order chi connectivity index (χ0) is 6.85. The molecule has 0 spiro atoms. The fraction of sp³-hybridized carbons (Fsp3) is 0.167. The number of carboxylic acids is 1. The first-order chi connectivity index (χ1) is 4.20. The summed E-state index contributed by atoms with van der Waals surface area (Å²) in [5.41, 5.74) is 6.29. The minimum atomic E-state index is -0.883. The summed E-state index contributed by atoms with van der Waals surface area (Å²) in [6.45, 7) is 0. The largest absolute Gasteiger partial charge is 0.478 e. The number of carbonyl (C=O) groups is 1. The van der Waals surface area contributed by atoms with Gasteiger partial charge in [0.15, 0.2) is 0 Å². The fourth-order valence-corrected chi connectivity index (χ4v) is 0.692. The lowest BCUT2D eigenvalue weighted by Crippen LogP contribution is -2.01. The van der Waals surface area contributed by atoms with Crippen molar-refractivity contribution >= 4 is 5.97 Å². The molecule has 0 unspecified atom stereocenters. The standard InChI is InChI=1S/C6H7NO2/c7-5-2-1-4(3-5)6(8)9/h1-2H,3,7H2,(H,8,9). The summed E-state index contributed by atoms with van der Waals surface area (Å²) in [7, 11) is 0. The van der Waals surface area contributed by atoms with Crippen LogP contribution in [0.15, 0.2) is 23.4 Å². The third kappa shape index (κ3) is 1.10. The van der Waals surface area contributed by atoms with E-state index in [1.54, 1.807) is 6.08 Å². The van der Waals surface area contributed by atoms with Crippen LogP contribution < -0.4 is 5.73 Å². The first-order valence-electron chi connectivity index (χ1n) is 2.58. The molecule has 0 aromatic carbocycles. The van der Waals surface area contributed by atoms with E-state index >= 15 is 0 Å². The third-order valence-electron chi connectivity index (χ3n) is 1.17. The van der Waals surface area contributed by atoms with Crippen molar-refractivity contribution in [2.45, 2.75) is 6.42 Å². The van der Waals surface area contributed by atoms with E-state index in [9.17, 15) is 4.79 Å². The molecular formula is C6H7NO2. The van der Waals surface area contributed by atoms with Gasteiger partial charge >= 0.3 is 5.97 Å². The van der Waals surface area contributed by atoms with Crippen molar-refractivity contribution in [2.75, 3.05) is 0 Å². The average Bonchev–Trinajstić information content (AvgIpc) is 2.14. The smallest absolute Gasteiger partial charge is 0.331 e. The van der Waals surface area contributed by atoms with Crippen molar-refractivity contribution in [1.29, 1.82) is 0 Å². The number of aliphatic carboxylic acids is 1. The van der Waals surface area contributed by atoms with Gasteiger partial charge < -0.3 is 10.8 Å². The molecule has 3 nitrogen and oxygen atoms in total. The molecule has 3 N–H and O–H groups in total. The van der Waals surface area contributed by atoms with Gasteiger partial charge in [-0.15, -0.1) is 0 Å². The minimum absolute atomic E-state index is 0.368. The van der Waals surface area contributed by atoms with Crippen LogP contribution >= 0.6 is 0 Å². The molecule has 0 heterocycles. The molecular weight excluding hydrogens is 118 g/mol. The molecule has 0 atom stereocenters. The molecule has 0 saturated heterocycles. The van der Waals surface area contributed by atoms with E-state index in [4.69, 9.17) is 10.8 Å². The van der Waals surface area contributed by atoms with Crippen LogP contribution in [-0.2, 0) is 4.79 Å². The van der Waals surface area contributed by atoms with Gasteiger partial charge in [0, 0.05) is 17.7 Å². The summed E-state index contributed by atoms with van der Waals surface area (Å²) in [6, 6.07) is 0. The van der Waals surface area contributed by atoms with Gasteiger partial charge in [0.2, 0.25) is 0 Å². The molecule has 0 fully saturated rings. The number of hydrogen-bond acceptors (Lipinski definition) is 2. The van der Waals surface area contributed by atoms with Gasteiger partial charge in [-0.1, -0.05) is 0 Å². The van der Waals surface area contributed by atoms with Crippen molar-refractivity contribution in [3.63, 3.8) is 0 Å². The molecule has 0 aliphatic heterocycles. The van der Waals surface area contributed by atoms with Crippen LogP contribution in [-0.4, -0.2) is 11.1 Å². The second-order valence-electron chi connectivity index (χ2n) is 1.92. The Labute approximate surface area is 52.5 Å². The Balaban J connectivity index is 2.64. The summed E-state index contributed by atoms with van der Waals surface area (Å²) in [4.78, 5) is 10.2. The van der Waals surface area contributed by atoms with Crippen molar-refractivity contribution in [2.24, 2.45) is 5.73 Å². The van der Waals surface area contributed by atoms with Gasteiger partial charge in [0.25, 0.3) is 0 Å². The summed E-state index contributed by atoms with van der Waals surface area (Å²) in [5, 5.41) is 8.37. The highest BCUT2D eigenvalue weighted by atomic mass is 16.4. The number of rotatable bonds is 1. The molecule has 0 bridgehead atoms. The Morgan fingerprint density at radius 1 is 1.67 bits per heavy atom. The minimum Gasteiger partial charge on any atom is -0.478 e. The molecule has 1 aliphatic carbocycles. The number of carboxylic acid groups (broad SMARTS) is 1. The molecule has 0 amide bonds. The summed E-state index contributed by atoms with van der Waals surface area (Å²) in [5.74, 6) is -0.883. The number of allylic oxidation sites excluding steroid dienone is 3. The maximum Gasteiger partial charge on any atom is 0.331 e. The SMILES string of the molecule is NC1=CC=C(C(=O)O)C1. The number of nitrogens with two attached hydrogens (primary N) is 1. The van der Waals surface area contributed by atoms with Crippen LogP contribution in [0.4, 0.5) is 0 Å². The Hall–Kier alpha value is -1.25. The average molecular weight is 125 g/mol. The Bertz CT molecular complexity index is 203. The molecule has 1 aliphatic rings. The number of hydrogen-bond donors (Lipinski definition) is 2. The molecule has 0 aromatic heterocycles. The van der Waals surface area contributed by atoms with Crippen LogP contribution in [0.1, 0.15) is 6.42 Å². The lowest BCUT2D eigenvalue weighted by atomic mass is 10.2. The van der Waals surface area contributed by atoms with Gasteiger partial charge in [-0.05, 0) is 12.2 Å². The van der Waals surface area contributed by atoms with E-state index < -0.39 is 5.97 Å². The molecule has 48 valence electrons. The quantitative estimate of drug-likeness (QED) is 0.527. The first-order valence-corrected chi connectivity index (χ1v) is 2.58. The molecule has 0 radical (unpaired) electrons. The highest BCUT2D eigenvalue weighted by molar-refractivity contribution is 5.88. The van der Waals surface area contributed by atoms with Crippen molar-refractivity contribution in [3.05, 3.63) is 23.4 Å². The fourth-order valence-electron chi connectivity index (χ4n) is 0.692. The summed E-state index contributed by atoms with van der Waals surface area (Å²) >= 11 is 0. The van der Waals surface area contributed by atoms with Gasteiger partial charge in [-0.25, -0.2) is 4.79 Å². The molecule has 0 aromatic rings.